The van der Waals surface area contributed by atoms with Crippen LogP contribution in [0.5, 0.6) is 0 Å². The van der Waals surface area contributed by atoms with Crippen LogP contribution in [0.3, 0.4) is 0 Å². The van der Waals surface area contributed by atoms with Crippen LogP contribution in [0.15, 0.2) is 83.8 Å². The summed E-state index contributed by atoms with van der Waals surface area (Å²) in [6, 6.07) is 24.0. The Labute approximate surface area is 205 Å². The number of amides is 2. The molecule has 4 rings (SSSR count). The molecule has 0 saturated carbocycles. The lowest BCUT2D eigenvalue weighted by molar-refractivity contribution is -0.113. The van der Waals surface area contributed by atoms with Crippen LogP contribution in [0.25, 0.3) is 11.3 Å². The van der Waals surface area contributed by atoms with Gasteiger partial charge in [-0.05, 0) is 43.3 Å². The van der Waals surface area contributed by atoms with Crippen molar-refractivity contribution in [3.63, 3.8) is 0 Å². The Kier molecular flexibility index (Phi) is 7.44. The van der Waals surface area contributed by atoms with Crippen LogP contribution in [-0.4, -0.2) is 22.6 Å². The molecule has 0 aliphatic carbocycles. The standard InChI is InChI=1S/C25H20ClN3O2S2/c1-16-23(17-7-3-2-4-8-17)29-25(33-16)28-22(30)15-32-21-12-6-11-20(14-21)27-24(31)18-9-5-10-19(26)13-18/h2-14H,15H2,1H3,(H,27,31)(H,28,29,30). The second-order valence-corrected chi connectivity index (χ2v) is 9.81. The minimum absolute atomic E-state index is 0.137. The van der Waals surface area contributed by atoms with Crippen molar-refractivity contribution < 1.29 is 9.59 Å². The third-order valence-electron chi connectivity index (χ3n) is 4.64. The first-order valence-electron chi connectivity index (χ1n) is 10.1. The van der Waals surface area contributed by atoms with Crippen molar-refractivity contribution in [1.29, 1.82) is 0 Å². The molecule has 0 spiro atoms. The van der Waals surface area contributed by atoms with E-state index >= 15 is 0 Å². The molecule has 0 aliphatic heterocycles. The molecule has 0 aliphatic rings. The Morgan fingerprint density at radius 2 is 1.76 bits per heavy atom. The first-order chi connectivity index (χ1) is 16.0. The third-order valence-corrected chi connectivity index (χ3v) is 6.75. The van der Waals surface area contributed by atoms with E-state index in [0.29, 0.717) is 21.4 Å². The maximum Gasteiger partial charge on any atom is 0.255 e. The van der Waals surface area contributed by atoms with E-state index in [9.17, 15) is 9.59 Å². The van der Waals surface area contributed by atoms with Gasteiger partial charge in [-0.1, -0.05) is 54.1 Å². The molecule has 0 atom stereocenters. The van der Waals surface area contributed by atoms with Gasteiger partial charge in [-0.25, -0.2) is 4.98 Å². The van der Waals surface area contributed by atoms with Gasteiger partial charge in [0.1, 0.15) is 0 Å². The predicted octanol–water partition coefficient (Wildman–Crippen LogP) is 6.76. The summed E-state index contributed by atoms with van der Waals surface area (Å²) in [5.74, 6) is -0.155. The van der Waals surface area contributed by atoms with Crippen LogP contribution < -0.4 is 10.6 Å². The number of thiazole rings is 1. The highest BCUT2D eigenvalue weighted by Gasteiger charge is 2.13. The molecule has 2 amide bonds. The predicted molar refractivity (Wildman–Crippen MR) is 137 cm³/mol. The van der Waals surface area contributed by atoms with Crippen LogP contribution >= 0.6 is 34.7 Å². The smallest absolute Gasteiger partial charge is 0.255 e. The molecule has 8 heteroatoms. The maximum absolute atomic E-state index is 12.5. The summed E-state index contributed by atoms with van der Waals surface area (Å²) in [7, 11) is 0. The van der Waals surface area contributed by atoms with Crippen LogP contribution in [-0.2, 0) is 4.79 Å². The van der Waals surface area contributed by atoms with Crippen molar-refractivity contribution in [3.05, 3.63) is 94.3 Å². The number of anilines is 2. The number of nitrogens with one attached hydrogen (secondary N) is 2. The molecule has 0 radical (unpaired) electrons. The quantitative estimate of drug-likeness (QED) is 0.279. The Balaban J connectivity index is 1.34. The van der Waals surface area contributed by atoms with Gasteiger partial charge in [-0.2, -0.15) is 0 Å². The Hall–Kier alpha value is -3.13. The Morgan fingerprint density at radius 3 is 2.55 bits per heavy atom. The van der Waals surface area contributed by atoms with E-state index in [1.54, 1.807) is 30.3 Å². The van der Waals surface area contributed by atoms with Crippen LogP contribution in [0.2, 0.25) is 5.02 Å². The summed E-state index contributed by atoms with van der Waals surface area (Å²) in [6.45, 7) is 1.99. The van der Waals surface area contributed by atoms with Gasteiger partial charge in [-0.3, -0.25) is 9.59 Å². The fourth-order valence-corrected chi connectivity index (χ4v) is 4.91. The summed E-state index contributed by atoms with van der Waals surface area (Å²) >= 11 is 8.81. The van der Waals surface area contributed by atoms with E-state index in [4.69, 9.17) is 11.6 Å². The lowest BCUT2D eigenvalue weighted by Crippen LogP contribution is -2.14. The average molecular weight is 494 g/mol. The number of halogens is 1. The topological polar surface area (TPSA) is 71.1 Å². The van der Waals surface area contributed by atoms with E-state index < -0.39 is 0 Å². The van der Waals surface area contributed by atoms with E-state index in [2.05, 4.69) is 15.6 Å². The number of carbonyl (C=O) groups is 2. The van der Waals surface area contributed by atoms with Crippen LogP contribution in [0.1, 0.15) is 15.2 Å². The number of hydrogen-bond donors (Lipinski definition) is 2. The zero-order valence-corrected chi connectivity index (χ0v) is 20.1. The number of hydrogen-bond acceptors (Lipinski definition) is 5. The zero-order valence-electron chi connectivity index (χ0n) is 17.7. The molecular formula is C25H20ClN3O2S2. The van der Waals surface area contributed by atoms with Crippen molar-refractivity contribution in [2.24, 2.45) is 0 Å². The van der Waals surface area contributed by atoms with Crippen molar-refractivity contribution >= 4 is 57.3 Å². The minimum Gasteiger partial charge on any atom is -0.322 e. The highest BCUT2D eigenvalue weighted by Crippen LogP contribution is 2.30. The molecule has 0 bridgehead atoms. The van der Waals surface area contributed by atoms with Gasteiger partial charge in [0.15, 0.2) is 5.13 Å². The first-order valence-corrected chi connectivity index (χ1v) is 12.3. The number of thioether (sulfide) groups is 1. The molecule has 5 nitrogen and oxygen atoms in total. The van der Waals surface area contributed by atoms with E-state index in [-0.39, 0.29) is 17.6 Å². The summed E-state index contributed by atoms with van der Waals surface area (Å²) in [5, 5.41) is 6.83. The molecule has 0 unspecified atom stereocenters. The molecule has 166 valence electrons. The number of carbonyl (C=O) groups excluding carboxylic acids is 2. The van der Waals surface area contributed by atoms with Gasteiger partial charge in [0.25, 0.3) is 5.91 Å². The lowest BCUT2D eigenvalue weighted by Gasteiger charge is -2.08. The monoisotopic (exact) mass is 493 g/mol. The van der Waals surface area contributed by atoms with Gasteiger partial charge >= 0.3 is 0 Å². The van der Waals surface area contributed by atoms with Crippen molar-refractivity contribution in [3.8, 4) is 11.3 Å². The van der Waals surface area contributed by atoms with Gasteiger partial charge < -0.3 is 10.6 Å². The van der Waals surface area contributed by atoms with Crippen molar-refractivity contribution in [2.75, 3.05) is 16.4 Å². The molecule has 3 aromatic carbocycles. The summed E-state index contributed by atoms with van der Waals surface area (Å²) in [5.41, 5.74) is 3.03. The molecule has 0 fully saturated rings. The highest BCUT2D eigenvalue weighted by atomic mass is 35.5. The maximum atomic E-state index is 12.5. The number of aryl methyl sites for hydroxylation is 1. The minimum atomic E-state index is -0.245. The summed E-state index contributed by atoms with van der Waals surface area (Å²) in [6.07, 6.45) is 0. The molecule has 1 heterocycles. The first kappa shape index (κ1) is 23.0. The highest BCUT2D eigenvalue weighted by molar-refractivity contribution is 8.00. The van der Waals surface area contributed by atoms with E-state index in [1.165, 1.54) is 23.1 Å². The van der Waals surface area contributed by atoms with Crippen LogP contribution in [0.4, 0.5) is 10.8 Å². The summed E-state index contributed by atoms with van der Waals surface area (Å²) in [4.78, 5) is 31.4. The number of benzene rings is 3. The van der Waals surface area contributed by atoms with Gasteiger partial charge in [-0.15, -0.1) is 23.1 Å². The van der Waals surface area contributed by atoms with Gasteiger partial charge in [0.2, 0.25) is 5.91 Å². The normalized spacial score (nSPS) is 10.6. The SMILES string of the molecule is Cc1sc(NC(=O)CSc2cccc(NC(=O)c3cccc(Cl)c3)c2)nc1-c1ccccc1. The molecule has 4 aromatic rings. The molecule has 1 aromatic heterocycles. The van der Waals surface area contributed by atoms with E-state index in [1.807, 2.05) is 55.5 Å². The fraction of sp³-hybridized carbons (Fsp3) is 0.0800. The molecule has 33 heavy (non-hydrogen) atoms. The second kappa shape index (κ2) is 10.7. The fourth-order valence-electron chi connectivity index (χ4n) is 3.11. The largest absolute Gasteiger partial charge is 0.322 e. The second-order valence-electron chi connectivity index (χ2n) is 7.12. The molecule has 2 N–H and O–H groups in total. The number of rotatable bonds is 7. The zero-order chi connectivity index (χ0) is 23.2. The number of nitrogens with zero attached hydrogens (tertiary/aromatic N) is 1. The number of aromatic nitrogens is 1. The Bertz CT molecular complexity index is 1290. The van der Waals surface area contributed by atoms with E-state index in [0.717, 1.165) is 21.0 Å². The molecular weight excluding hydrogens is 474 g/mol. The van der Waals surface area contributed by atoms with Crippen LogP contribution in [0, 0.1) is 6.92 Å². The molecule has 0 saturated heterocycles. The average Bonchev–Trinajstić information content (AvgIpc) is 3.18. The third kappa shape index (κ3) is 6.22. The van der Waals surface area contributed by atoms with Gasteiger partial charge in [0.05, 0.1) is 11.4 Å². The Morgan fingerprint density at radius 1 is 0.970 bits per heavy atom. The van der Waals surface area contributed by atoms with Crippen molar-refractivity contribution in [1.82, 2.24) is 4.98 Å². The lowest BCUT2D eigenvalue weighted by atomic mass is 10.1. The van der Waals surface area contributed by atoms with Gasteiger partial charge in [0, 0.05) is 31.6 Å². The summed E-state index contributed by atoms with van der Waals surface area (Å²) < 4.78 is 0. The van der Waals surface area contributed by atoms with Crippen molar-refractivity contribution in [2.45, 2.75) is 11.8 Å².